The van der Waals surface area contributed by atoms with Crippen molar-refractivity contribution in [2.24, 2.45) is 17.3 Å². The van der Waals surface area contributed by atoms with Gasteiger partial charge in [0, 0.05) is 0 Å². The number of rotatable bonds is 5. The zero-order valence-corrected chi connectivity index (χ0v) is 9.78. The lowest BCUT2D eigenvalue weighted by molar-refractivity contribution is 0.158. The maximum Gasteiger partial charge on any atom is -0.0303 e. The molecular weight excluding hydrogens is 144 g/mol. The third-order valence-corrected chi connectivity index (χ3v) is 3.71. The molecule has 12 heavy (non-hydrogen) atoms. The Bertz CT molecular complexity index is 115. The molecule has 0 heterocycles. The van der Waals surface area contributed by atoms with Crippen molar-refractivity contribution < 1.29 is 0 Å². The minimum atomic E-state index is 0.565. The summed E-state index contributed by atoms with van der Waals surface area (Å²) in [6, 6.07) is 0. The van der Waals surface area contributed by atoms with Gasteiger partial charge in [-0.25, -0.2) is 0 Å². The van der Waals surface area contributed by atoms with Crippen LogP contribution >= 0.6 is 0 Å². The molecule has 0 aliphatic rings. The molecule has 2 unspecified atom stereocenters. The van der Waals surface area contributed by atoms with Crippen LogP contribution in [-0.4, -0.2) is 0 Å². The summed E-state index contributed by atoms with van der Waals surface area (Å²) in [6.45, 7) is 14.1. The predicted octanol–water partition coefficient (Wildman–Crippen LogP) is 4.49. The highest BCUT2D eigenvalue weighted by molar-refractivity contribution is 4.77. The van der Waals surface area contributed by atoms with Gasteiger partial charge in [-0.05, 0) is 23.7 Å². The van der Waals surface area contributed by atoms with Crippen molar-refractivity contribution in [3.63, 3.8) is 0 Å². The summed E-state index contributed by atoms with van der Waals surface area (Å²) in [5, 5.41) is 0. The lowest BCUT2D eigenvalue weighted by Crippen LogP contribution is -2.25. The number of hydrogen-bond acceptors (Lipinski definition) is 0. The normalized spacial score (nSPS) is 19.2. The van der Waals surface area contributed by atoms with Crippen LogP contribution in [0.1, 0.15) is 60.8 Å². The van der Waals surface area contributed by atoms with E-state index in [2.05, 4.69) is 41.5 Å². The third kappa shape index (κ3) is 3.16. The van der Waals surface area contributed by atoms with Gasteiger partial charge in [-0.1, -0.05) is 54.4 Å². The van der Waals surface area contributed by atoms with Crippen LogP contribution < -0.4 is 0 Å². The summed E-state index contributed by atoms with van der Waals surface area (Å²) in [5.74, 6) is 1.70. The first-order valence-corrected chi connectivity index (χ1v) is 5.46. The Kier molecular flexibility index (Phi) is 4.89. The molecule has 0 nitrogen and oxygen atoms in total. The monoisotopic (exact) mass is 170 g/mol. The summed E-state index contributed by atoms with van der Waals surface area (Å²) in [5.41, 5.74) is 0.565. The Morgan fingerprint density at radius 2 is 1.58 bits per heavy atom. The minimum absolute atomic E-state index is 0.565. The molecular formula is C12H26. The second kappa shape index (κ2) is 4.89. The van der Waals surface area contributed by atoms with Gasteiger partial charge in [-0.15, -0.1) is 0 Å². The van der Waals surface area contributed by atoms with Crippen molar-refractivity contribution in [1.29, 1.82) is 0 Å². The summed E-state index contributed by atoms with van der Waals surface area (Å²) in [4.78, 5) is 0. The molecule has 0 spiro atoms. The molecule has 0 aromatic carbocycles. The van der Waals surface area contributed by atoms with Gasteiger partial charge in [-0.3, -0.25) is 0 Å². The first-order valence-electron chi connectivity index (χ1n) is 5.46. The van der Waals surface area contributed by atoms with Crippen LogP contribution in [0, 0.1) is 17.3 Å². The van der Waals surface area contributed by atoms with Crippen LogP contribution in [0.15, 0.2) is 0 Å². The van der Waals surface area contributed by atoms with Crippen LogP contribution in [0.25, 0.3) is 0 Å². The minimum Gasteiger partial charge on any atom is -0.0651 e. The van der Waals surface area contributed by atoms with E-state index in [1.54, 1.807) is 0 Å². The van der Waals surface area contributed by atoms with Gasteiger partial charge in [0.15, 0.2) is 0 Å². The van der Waals surface area contributed by atoms with Gasteiger partial charge in [-0.2, -0.15) is 0 Å². The Hall–Kier alpha value is 0. The fourth-order valence-electron chi connectivity index (χ4n) is 1.73. The van der Waals surface area contributed by atoms with Crippen LogP contribution in [0.4, 0.5) is 0 Å². The molecule has 0 aliphatic heterocycles. The molecule has 0 rings (SSSR count). The quantitative estimate of drug-likeness (QED) is 0.570. The molecule has 0 heteroatoms. The summed E-state index contributed by atoms with van der Waals surface area (Å²) < 4.78 is 0. The average molecular weight is 170 g/mol. The van der Waals surface area contributed by atoms with Crippen LogP contribution in [0.3, 0.4) is 0 Å². The van der Waals surface area contributed by atoms with E-state index in [1.807, 2.05) is 0 Å². The summed E-state index contributed by atoms with van der Waals surface area (Å²) in [6.07, 6.45) is 4.02. The van der Waals surface area contributed by atoms with Gasteiger partial charge in [0.1, 0.15) is 0 Å². The van der Waals surface area contributed by atoms with E-state index in [0.717, 1.165) is 11.8 Å². The Balaban J connectivity index is 4.14. The molecule has 0 N–H and O–H groups in total. The molecule has 0 aromatic rings. The van der Waals surface area contributed by atoms with Gasteiger partial charge in [0.2, 0.25) is 0 Å². The number of hydrogen-bond donors (Lipinski definition) is 0. The molecule has 0 fully saturated rings. The molecule has 0 aliphatic carbocycles. The molecule has 0 radical (unpaired) electrons. The first-order chi connectivity index (χ1) is 5.46. The molecule has 2 atom stereocenters. The maximum atomic E-state index is 2.43. The van der Waals surface area contributed by atoms with Crippen molar-refractivity contribution in [1.82, 2.24) is 0 Å². The lowest BCUT2D eigenvalue weighted by atomic mass is 9.71. The summed E-state index contributed by atoms with van der Waals surface area (Å²) >= 11 is 0. The van der Waals surface area contributed by atoms with E-state index in [0.29, 0.717) is 5.41 Å². The van der Waals surface area contributed by atoms with E-state index < -0.39 is 0 Å². The molecule has 0 aromatic heterocycles. The Morgan fingerprint density at radius 1 is 1.08 bits per heavy atom. The Morgan fingerprint density at radius 3 is 1.83 bits per heavy atom. The fraction of sp³-hybridized carbons (Fsp3) is 1.00. The van der Waals surface area contributed by atoms with Crippen molar-refractivity contribution in [3.8, 4) is 0 Å². The first kappa shape index (κ1) is 12.0. The predicted molar refractivity (Wildman–Crippen MR) is 57.3 cm³/mol. The molecule has 74 valence electrons. The lowest BCUT2D eigenvalue weighted by Gasteiger charge is -2.35. The molecule has 0 saturated carbocycles. The van der Waals surface area contributed by atoms with Gasteiger partial charge >= 0.3 is 0 Å². The van der Waals surface area contributed by atoms with Crippen molar-refractivity contribution in [2.45, 2.75) is 60.8 Å². The van der Waals surface area contributed by atoms with E-state index in [1.165, 1.54) is 19.3 Å². The van der Waals surface area contributed by atoms with E-state index in [4.69, 9.17) is 0 Å². The SMILES string of the molecule is CCC(C)CC(C)(CC)C(C)C. The van der Waals surface area contributed by atoms with Crippen molar-refractivity contribution in [3.05, 3.63) is 0 Å². The van der Waals surface area contributed by atoms with Gasteiger partial charge in [0.25, 0.3) is 0 Å². The Labute approximate surface area is 78.8 Å². The zero-order valence-electron chi connectivity index (χ0n) is 9.78. The zero-order chi connectivity index (χ0) is 9.78. The topological polar surface area (TPSA) is 0 Å². The van der Waals surface area contributed by atoms with E-state index in [9.17, 15) is 0 Å². The molecule has 0 saturated heterocycles. The van der Waals surface area contributed by atoms with Crippen molar-refractivity contribution in [2.75, 3.05) is 0 Å². The smallest absolute Gasteiger partial charge is 0.0303 e. The van der Waals surface area contributed by atoms with Crippen LogP contribution in [0.5, 0.6) is 0 Å². The highest BCUT2D eigenvalue weighted by atomic mass is 14.3. The standard InChI is InChI=1S/C12H26/c1-7-11(5)9-12(6,8-2)10(3)4/h10-11H,7-9H2,1-6H3. The second-order valence-electron chi connectivity index (χ2n) is 4.88. The fourth-order valence-corrected chi connectivity index (χ4v) is 1.73. The molecule has 0 bridgehead atoms. The van der Waals surface area contributed by atoms with Crippen LogP contribution in [0.2, 0.25) is 0 Å². The van der Waals surface area contributed by atoms with Crippen LogP contribution in [-0.2, 0) is 0 Å². The van der Waals surface area contributed by atoms with Gasteiger partial charge in [0.05, 0.1) is 0 Å². The molecule has 0 amide bonds. The highest BCUT2D eigenvalue weighted by Crippen LogP contribution is 2.37. The van der Waals surface area contributed by atoms with E-state index in [-0.39, 0.29) is 0 Å². The largest absolute Gasteiger partial charge is 0.0651 e. The summed E-state index contributed by atoms with van der Waals surface area (Å²) in [7, 11) is 0. The van der Waals surface area contributed by atoms with E-state index >= 15 is 0 Å². The third-order valence-electron chi connectivity index (χ3n) is 3.71. The highest BCUT2D eigenvalue weighted by Gasteiger charge is 2.27. The average Bonchev–Trinajstić information content (AvgIpc) is 2.03. The maximum absolute atomic E-state index is 2.43. The second-order valence-corrected chi connectivity index (χ2v) is 4.88. The van der Waals surface area contributed by atoms with Gasteiger partial charge < -0.3 is 0 Å². The van der Waals surface area contributed by atoms with Crippen molar-refractivity contribution >= 4 is 0 Å².